The van der Waals surface area contributed by atoms with Crippen molar-refractivity contribution in [2.24, 2.45) is 0 Å². The Morgan fingerprint density at radius 3 is 2.82 bits per heavy atom. The predicted octanol–water partition coefficient (Wildman–Crippen LogP) is 0.803. The molecule has 2 heterocycles. The topological polar surface area (TPSA) is 116 Å². The molecule has 2 aromatic rings. The van der Waals surface area contributed by atoms with Gasteiger partial charge in [-0.15, -0.1) is 0 Å². The molecule has 0 amide bonds. The number of hydrogen-bond acceptors (Lipinski definition) is 7. The van der Waals surface area contributed by atoms with E-state index in [2.05, 4.69) is 20.3 Å². The molecule has 5 N–H and O–H groups in total. The second-order valence-electron chi connectivity index (χ2n) is 3.46. The number of nitrogens with two attached hydrogens (primary N) is 2. The molecule has 7 nitrogen and oxygen atoms in total. The van der Waals surface area contributed by atoms with Gasteiger partial charge in [0.25, 0.3) is 0 Å². The van der Waals surface area contributed by atoms with Crippen molar-refractivity contribution in [1.29, 1.82) is 0 Å². The maximum atomic E-state index is 5.54. The zero-order valence-corrected chi connectivity index (χ0v) is 9.47. The molecule has 0 aliphatic rings. The summed E-state index contributed by atoms with van der Waals surface area (Å²) >= 11 is 0. The van der Waals surface area contributed by atoms with Crippen LogP contribution < -0.4 is 16.8 Å². The summed E-state index contributed by atoms with van der Waals surface area (Å²) in [6.07, 6.45) is 2.53. The SMILES string of the molecule is CCc1cnc(CNc2cc(N)nc(N)n2)o1. The molecule has 0 fully saturated rings. The highest BCUT2D eigenvalue weighted by Crippen LogP contribution is 2.11. The number of nitrogen functional groups attached to an aromatic ring is 2. The minimum atomic E-state index is 0.133. The molecule has 0 aromatic carbocycles. The lowest BCUT2D eigenvalue weighted by Gasteiger charge is -2.04. The van der Waals surface area contributed by atoms with Gasteiger partial charge in [-0.25, -0.2) is 4.98 Å². The van der Waals surface area contributed by atoms with Gasteiger partial charge in [0.2, 0.25) is 11.8 Å². The minimum absolute atomic E-state index is 0.133. The van der Waals surface area contributed by atoms with Crippen LogP contribution in [0.1, 0.15) is 18.6 Å². The van der Waals surface area contributed by atoms with Crippen LogP contribution in [0.3, 0.4) is 0 Å². The van der Waals surface area contributed by atoms with Crippen molar-refractivity contribution >= 4 is 17.6 Å². The van der Waals surface area contributed by atoms with Gasteiger partial charge in [-0.3, -0.25) is 0 Å². The maximum Gasteiger partial charge on any atom is 0.223 e. The molecule has 2 rings (SSSR count). The first kappa shape index (κ1) is 11.2. The van der Waals surface area contributed by atoms with Crippen LogP contribution in [0.2, 0.25) is 0 Å². The van der Waals surface area contributed by atoms with E-state index in [4.69, 9.17) is 15.9 Å². The molecule has 0 saturated carbocycles. The van der Waals surface area contributed by atoms with E-state index in [0.717, 1.165) is 12.2 Å². The van der Waals surface area contributed by atoms with Gasteiger partial charge in [0, 0.05) is 12.5 Å². The van der Waals surface area contributed by atoms with E-state index in [-0.39, 0.29) is 5.95 Å². The molecule has 0 unspecified atom stereocenters. The van der Waals surface area contributed by atoms with Crippen LogP contribution in [0.5, 0.6) is 0 Å². The third-order valence-corrected chi connectivity index (χ3v) is 2.13. The third kappa shape index (κ3) is 2.83. The second-order valence-corrected chi connectivity index (χ2v) is 3.46. The zero-order chi connectivity index (χ0) is 12.3. The molecule has 90 valence electrons. The Morgan fingerprint density at radius 2 is 2.18 bits per heavy atom. The highest BCUT2D eigenvalue weighted by molar-refractivity contribution is 5.48. The normalized spacial score (nSPS) is 10.4. The highest BCUT2D eigenvalue weighted by Gasteiger charge is 2.04. The Morgan fingerprint density at radius 1 is 1.35 bits per heavy atom. The van der Waals surface area contributed by atoms with E-state index >= 15 is 0 Å². The summed E-state index contributed by atoms with van der Waals surface area (Å²) in [5, 5.41) is 3.01. The van der Waals surface area contributed by atoms with Gasteiger partial charge in [0.15, 0.2) is 0 Å². The summed E-state index contributed by atoms with van der Waals surface area (Å²) in [7, 11) is 0. The summed E-state index contributed by atoms with van der Waals surface area (Å²) in [6, 6.07) is 1.60. The molecule has 17 heavy (non-hydrogen) atoms. The number of aromatic nitrogens is 3. The largest absolute Gasteiger partial charge is 0.444 e. The Balaban J connectivity index is 2.01. The molecule has 0 spiro atoms. The van der Waals surface area contributed by atoms with Gasteiger partial charge in [0.1, 0.15) is 17.4 Å². The molecule has 0 aliphatic heterocycles. The van der Waals surface area contributed by atoms with Crippen molar-refractivity contribution in [3.63, 3.8) is 0 Å². The number of oxazole rings is 1. The van der Waals surface area contributed by atoms with Crippen molar-refractivity contribution in [2.75, 3.05) is 16.8 Å². The van der Waals surface area contributed by atoms with E-state index in [1.807, 2.05) is 6.92 Å². The number of nitrogens with zero attached hydrogens (tertiary/aromatic N) is 3. The molecule has 7 heteroatoms. The van der Waals surface area contributed by atoms with Gasteiger partial charge in [-0.1, -0.05) is 6.92 Å². The van der Waals surface area contributed by atoms with Gasteiger partial charge in [-0.05, 0) is 0 Å². The highest BCUT2D eigenvalue weighted by atomic mass is 16.4. The Bertz CT molecular complexity index is 489. The van der Waals surface area contributed by atoms with E-state index < -0.39 is 0 Å². The molecule has 0 aliphatic carbocycles. The fourth-order valence-electron chi connectivity index (χ4n) is 1.34. The van der Waals surface area contributed by atoms with E-state index in [1.54, 1.807) is 12.3 Å². The van der Waals surface area contributed by atoms with Gasteiger partial charge in [-0.2, -0.15) is 9.97 Å². The molecule has 0 radical (unpaired) electrons. The van der Waals surface area contributed by atoms with Crippen LogP contribution in [-0.2, 0) is 13.0 Å². The molecule has 0 atom stereocenters. The lowest BCUT2D eigenvalue weighted by Crippen LogP contribution is -2.06. The van der Waals surface area contributed by atoms with Gasteiger partial charge >= 0.3 is 0 Å². The Kier molecular flexibility index (Phi) is 3.08. The first-order valence-electron chi connectivity index (χ1n) is 5.25. The van der Waals surface area contributed by atoms with E-state index in [1.165, 1.54) is 0 Å². The van der Waals surface area contributed by atoms with E-state index in [9.17, 15) is 0 Å². The minimum Gasteiger partial charge on any atom is -0.444 e. The molecular weight excluding hydrogens is 220 g/mol. The second kappa shape index (κ2) is 4.69. The number of nitrogens with one attached hydrogen (secondary N) is 1. The Hall–Kier alpha value is -2.31. The van der Waals surface area contributed by atoms with Crippen LogP contribution >= 0.6 is 0 Å². The quantitative estimate of drug-likeness (QED) is 0.716. The zero-order valence-electron chi connectivity index (χ0n) is 9.47. The summed E-state index contributed by atoms with van der Waals surface area (Å²) in [6.45, 7) is 2.43. The summed E-state index contributed by atoms with van der Waals surface area (Å²) < 4.78 is 5.44. The van der Waals surface area contributed by atoms with Crippen LogP contribution in [0.25, 0.3) is 0 Å². The van der Waals surface area contributed by atoms with Crippen LogP contribution in [0.4, 0.5) is 17.6 Å². The number of rotatable bonds is 4. The van der Waals surface area contributed by atoms with Crippen LogP contribution in [0, 0.1) is 0 Å². The first-order valence-corrected chi connectivity index (χ1v) is 5.25. The molecule has 2 aromatic heterocycles. The van der Waals surface area contributed by atoms with Crippen molar-refractivity contribution in [3.8, 4) is 0 Å². The van der Waals surface area contributed by atoms with Crippen molar-refractivity contribution in [2.45, 2.75) is 19.9 Å². The molecule has 0 saturated heterocycles. The van der Waals surface area contributed by atoms with E-state index in [0.29, 0.717) is 24.1 Å². The lowest BCUT2D eigenvalue weighted by atomic mass is 10.4. The van der Waals surface area contributed by atoms with Gasteiger partial charge in [0.05, 0.1) is 12.7 Å². The monoisotopic (exact) mass is 234 g/mol. The predicted molar refractivity (Wildman–Crippen MR) is 64.1 cm³/mol. The lowest BCUT2D eigenvalue weighted by molar-refractivity contribution is 0.465. The van der Waals surface area contributed by atoms with Crippen LogP contribution in [0.15, 0.2) is 16.7 Å². The van der Waals surface area contributed by atoms with Crippen molar-refractivity contribution in [3.05, 3.63) is 23.9 Å². The van der Waals surface area contributed by atoms with Crippen LogP contribution in [-0.4, -0.2) is 15.0 Å². The Labute approximate surface area is 98.3 Å². The van der Waals surface area contributed by atoms with Crippen molar-refractivity contribution in [1.82, 2.24) is 15.0 Å². The summed E-state index contributed by atoms with van der Waals surface area (Å²) in [5.74, 6) is 2.45. The third-order valence-electron chi connectivity index (χ3n) is 2.13. The molecular formula is C10H14N6O. The standard InChI is InChI=1S/C10H14N6O/c1-2-6-4-14-9(17-6)5-13-8-3-7(11)15-10(12)16-8/h3-4H,2,5H2,1H3,(H5,11,12,13,15,16). The van der Waals surface area contributed by atoms with Gasteiger partial charge < -0.3 is 21.2 Å². The average molecular weight is 234 g/mol. The first-order chi connectivity index (χ1) is 8.17. The van der Waals surface area contributed by atoms with Crippen molar-refractivity contribution < 1.29 is 4.42 Å². The smallest absolute Gasteiger partial charge is 0.223 e. The summed E-state index contributed by atoms with van der Waals surface area (Å²) in [4.78, 5) is 11.9. The number of hydrogen-bond donors (Lipinski definition) is 3. The fraction of sp³-hybridized carbons (Fsp3) is 0.300. The fourth-order valence-corrected chi connectivity index (χ4v) is 1.34. The maximum absolute atomic E-state index is 5.54. The number of anilines is 3. The average Bonchev–Trinajstić information content (AvgIpc) is 2.73. The molecule has 0 bridgehead atoms. The summed E-state index contributed by atoms with van der Waals surface area (Å²) in [5.41, 5.74) is 11.0. The number of aryl methyl sites for hydroxylation is 1.